The molecule has 3 aliphatic rings. The van der Waals surface area contributed by atoms with Crippen molar-refractivity contribution in [3.63, 3.8) is 0 Å². The quantitative estimate of drug-likeness (QED) is 0.203. The average molecular weight is 548 g/mol. The summed E-state index contributed by atoms with van der Waals surface area (Å²) in [5.74, 6) is -2.19. The summed E-state index contributed by atoms with van der Waals surface area (Å²) in [4.78, 5) is 45.6. The fourth-order valence-corrected chi connectivity index (χ4v) is 7.06. The van der Waals surface area contributed by atoms with Crippen LogP contribution in [0.5, 0.6) is 0 Å². The highest BCUT2D eigenvalue weighted by Gasteiger charge is 2.71. The first-order valence-electron chi connectivity index (χ1n) is 13.1. The maximum atomic E-state index is 14.6. The molecule has 3 unspecified atom stereocenters. The van der Waals surface area contributed by atoms with Gasteiger partial charge in [0.15, 0.2) is 17.3 Å². The van der Waals surface area contributed by atoms with Gasteiger partial charge >= 0.3 is 0 Å². The SMILES string of the molecule is Cc1ccc(C(=O)C2C(c3ccc(F)cc3)C3(C(=O)c4ccccc4C3=O)C3C=Cc4cc(Cl)ccc4N23)cc1. The second kappa shape index (κ2) is 8.83. The predicted octanol–water partition coefficient (Wildman–Crippen LogP) is 7.10. The van der Waals surface area contributed by atoms with E-state index in [0.717, 1.165) is 11.1 Å². The van der Waals surface area contributed by atoms with Gasteiger partial charge in [0.2, 0.25) is 0 Å². The van der Waals surface area contributed by atoms with Crippen molar-refractivity contribution in [2.24, 2.45) is 5.41 Å². The van der Waals surface area contributed by atoms with Crippen LogP contribution in [-0.4, -0.2) is 29.4 Å². The number of halogens is 2. The minimum Gasteiger partial charge on any atom is -0.352 e. The molecular weight excluding hydrogens is 525 g/mol. The zero-order valence-corrected chi connectivity index (χ0v) is 22.2. The summed E-state index contributed by atoms with van der Waals surface area (Å²) in [6.45, 7) is 1.94. The first kappa shape index (κ1) is 24.7. The molecule has 1 aliphatic carbocycles. The Morgan fingerprint density at radius 2 is 1.52 bits per heavy atom. The van der Waals surface area contributed by atoms with Crippen LogP contribution < -0.4 is 4.90 Å². The maximum absolute atomic E-state index is 14.6. The van der Waals surface area contributed by atoms with Crippen LogP contribution in [0.1, 0.15) is 53.7 Å². The number of ketones is 3. The zero-order valence-electron chi connectivity index (χ0n) is 21.5. The molecule has 2 aliphatic heterocycles. The normalized spacial score (nSPS) is 21.9. The van der Waals surface area contributed by atoms with Gasteiger partial charge in [0.05, 0.1) is 6.04 Å². The number of hydrogen-bond donors (Lipinski definition) is 0. The second-order valence-electron chi connectivity index (χ2n) is 10.7. The van der Waals surface area contributed by atoms with E-state index in [9.17, 15) is 18.8 Å². The van der Waals surface area contributed by atoms with E-state index >= 15 is 0 Å². The topological polar surface area (TPSA) is 54.5 Å². The van der Waals surface area contributed by atoms with Crippen molar-refractivity contribution in [2.75, 3.05) is 4.90 Å². The summed E-state index contributed by atoms with van der Waals surface area (Å²) in [6, 6.07) is 23.6. The van der Waals surface area contributed by atoms with Crippen molar-refractivity contribution < 1.29 is 18.8 Å². The lowest BCUT2D eigenvalue weighted by Gasteiger charge is -2.37. The zero-order chi connectivity index (χ0) is 27.8. The molecule has 0 radical (unpaired) electrons. The van der Waals surface area contributed by atoms with Crippen molar-refractivity contribution in [3.05, 3.63) is 141 Å². The van der Waals surface area contributed by atoms with E-state index in [1.54, 1.807) is 54.6 Å². The minimum atomic E-state index is -1.62. The smallest absolute Gasteiger partial charge is 0.185 e. The highest BCUT2D eigenvalue weighted by molar-refractivity contribution is 6.32. The van der Waals surface area contributed by atoms with Crippen molar-refractivity contribution in [2.45, 2.75) is 24.9 Å². The van der Waals surface area contributed by atoms with E-state index in [-0.39, 0.29) is 17.3 Å². The molecule has 4 nitrogen and oxygen atoms in total. The van der Waals surface area contributed by atoms with Crippen LogP contribution in [0.15, 0.2) is 97.1 Å². The summed E-state index contributed by atoms with van der Waals surface area (Å²) in [7, 11) is 0. The van der Waals surface area contributed by atoms with E-state index in [2.05, 4.69) is 0 Å². The number of Topliss-reactive ketones (excluding diaryl/α,β-unsaturated/α-hetero) is 3. The van der Waals surface area contributed by atoms with Crippen molar-refractivity contribution >= 4 is 40.7 Å². The van der Waals surface area contributed by atoms with Crippen molar-refractivity contribution in [1.82, 2.24) is 0 Å². The van der Waals surface area contributed by atoms with Gasteiger partial charge in [-0.25, -0.2) is 4.39 Å². The monoisotopic (exact) mass is 547 g/mol. The molecule has 0 aromatic heterocycles. The Morgan fingerprint density at radius 1 is 0.875 bits per heavy atom. The van der Waals surface area contributed by atoms with Crippen LogP contribution in [-0.2, 0) is 0 Å². The highest BCUT2D eigenvalue weighted by atomic mass is 35.5. The van der Waals surface area contributed by atoms with E-state index in [1.165, 1.54) is 12.1 Å². The Balaban J connectivity index is 1.54. The van der Waals surface area contributed by atoms with Gasteiger partial charge in [-0.05, 0) is 48.4 Å². The minimum absolute atomic E-state index is 0.219. The molecule has 1 spiro atoms. The Bertz CT molecular complexity index is 1720. The number of fused-ring (bicyclic) bond motifs is 5. The number of aryl methyl sites for hydroxylation is 1. The molecule has 0 saturated carbocycles. The number of carbonyl (C=O) groups excluding carboxylic acids is 3. The maximum Gasteiger partial charge on any atom is 0.185 e. The first-order valence-corrected chi connectivity index (χ1v) is 13.5. The van der Waals surface area contributed by atoms with Gasteiger partial charge in [-0.15, -0.1) is 0 Å². The summed E-state index contributed by atoms with van der Waals surface area (Å²) in [6.07, 6.45) is 3.72. The second-order valence-corrected chi connectivity index (χ2v) is 11.1. The number of benzene rings is 4. The lowest BCUT2D eigenvalue weighted by molar-refractivity contribution is 0.0666. The lowest BCUT2D eigenvalue weighted by Crippen LogP contribution is -2.48. The molecule has 196 valence electrons. The van der Waals surface area contributed by atoms with Crippen molar-refractivity contribution in [3.8, 4) is 0 Å². The van der Waals surface area contributed by atoms with Crippen LogP contribution in [0.3, 0.4) is 0 Å². The first-order chi connectivity index (χ1) is 19.3. The summed E-state index contributed by atoms with van der Waals surface area (Å²) >= 11 is 6.33. The molecule has 1 saturated heterocycles. The Labute approximate surface area is 235 Å². The van der Waals surface area contributed by atoms with Gasteiger partial charge < -0.3 is 4.90 Å². The summed E-state index contributed by atoms with van der Waals surface area (Å²) in [5, 5.41) is 0.535. The molecule has 0 N–H and O–H groups in total. The van der Waals surface area contributed by atoms with E-state index in [0.29, 0.717) is 33.0 Å². The summed E-state index contributed by atoms with van der Waals surface area (Å²) in [5.41, 5.74) is 2.60. The molecular formula is C34H23ClFNO3. The number of nitrogens with zero attached hydrogens (tertiary/aromatic N) is 1. The van der Waals surface area contributed by atoms with E-state index in [1.807, 2.05) is 48.2 Å². The van der Waals surface area contributed by atoms with Crippen LogP contribution in [0.25, 0.3) is 6.08 Å². The van der Waals surface area contributed by atoms with E-state index in [4.69, 9.17) is 11.6 Å². The molecule has 7 rings (SSSR count). The number of rotatable bonds is 3. The molecule has 6 heteroatoms. The van der Waals surface area contributed by atoms with Crippen LogP contribution >= 0.6 is 11.6 Å². The van der Waals surface area contributed by atoms with Crippen LogP contribution in [0.2, 0.25) is 5.02 Å². The third-order valence-corrected chi connectivity index (χ3v) is 8.83. The molecule has 0 amide bonds. The van der Waals surface area contributed by atoms with Crippen molar-refractivity contribution in [1.29, 1.82) is 0 Å². The lowest BCUT2D eigenvalue weighted by atomic mass is 9.64. The molecule has 0 bridgehead atoms. The molecule has 4 aromatic carbocycles. The largest absolute Gasteiger partial charge is 0.352 e. The molecule has 2 heterocycles. The standard InChI is InChI=1S/C34H23ClFNO3/c1-19-6-8-21(9-7-19)31(38)30-29(20-10-14-24(36)15-11-20)34(32(39)25-4-2-3-5-26(25)33(34)40)28-17-12-22-18-23(35)13-16-27(22)37(28)30/h2-18,28-30H,1H3. The van der Waals surface area contributed by atoms with Crippen LogP contribution in [0.4, 0.5) is 10.1 Å². The molecule has 40 heavy (non-hydrogen) atoms. The number of carbonyl (C=O) groups is 3. The summed E-state index contributed by atoms with van der Waals surface area (Å²) < 4.78 is 14.2. The molecule has 3 atom stereocenters. The molecule has 1 fully saturated rings. The molecule has 4 aromatic rings. The number of hydrogen-bond acceptors (Lipinski definition) is 4. The Hall–Kier alpha value is -4.35. The highest BCUT2D eigenvalue weighted by Crippen LogP contribution is 2.61. The van der Waals surface area contributed by atoms with Gasteiger partial charge in [-0.1, -0.05) is 90.0 Å². The third kappa shape index (κ3) is 3.28. The van der Waals surface area contributed by atoms with Gasteiger partial charge in [0.1, 0.15) is 17.3 Å². The van der Waals surface area contributed by atoms with Gasteiger partial charge in [-0.3, -0.25) is 14.4 Å². The van der Waals surface area contributed by atoms with Gasteiger partial charge in [0, 0.05) is 33.3 Å². The number of anilines is 1. The Kier molecular flexibility index (Phi) is 5.45. The fraction of sp³-hybridized carbons (Fsp3) is 0.147. The van der Waals surface area contributed by atoms with Gasteiger partial charge in [0.25, 0.3) is 0 Å². The average Bonchev–Trinajstić information content (AvgIpc) is 3.39. The third-order valence-electron chi connectivity index (χ3n) is 8.60. The Morgan fingerprint density at radius 3 is 2.17 bits per heavy atom. The fourth-order valence-electron chi connectivity index (χ4n) is 6.88. The predicted molar refractivity (Wildman–Crippen MR) is 153 cm³/mol. The van der Waals surface area contributed by atoms with Gasteiger partial charge in [-0.2, -0.15) is 0 Å². The van der Waals surface area contributed by atoms with E-state index < -0.39 is 29.2 Å². The van der Waals surface area contributed by atoms with Crippen LogP contribution in [0, 0.1) is 18.2 Å².